The van der Waals surface area contributed by atoms with Crippen molar-refractivity contribution in [2.75, 3.05) is 11.1 Å². The Morgan fingerprint density at radius 1 is 1.06 bits per heavy atom. The third-order valence-electron chi connectivity index (χ3n) is 5.85. The molecule has 0 radical (unpaired) electrons. The van der Waals surface area contributed by atoms with Gasteiger partial charge in [-0.15, -0.1) is 10.2 Å². The van der Waals surface area contributed by atoms with Crippen molar-refractivity contribution in [3.63, 3.8) is 0 Å². The highest BCUT2D eigenvalue weighted by Crippen LogP contribution is 2.28. The summed E-state index contributed by atoms with van der Waals surface area (Å²) >= 11 is 3.63. The van der Waals surface area contributed by atoms with Crippen LogP contribution in [0.2, 0.25) is 0 Å². The molecule has 9 heteroatoms. The zero-order valence-electron chi connectivity index (χ0n) is 21.6. The van der Waals surface area contributed by atoms with Gasteiger partial charge in [-0.2, -0.15) is 0 Å². The number of halogens is 1. The molecule has 2 N–H and O–H groups in total. The summed E-state index contributed by atoms with van der Waals surface area (Å²) in [7, 11) is 0. The monoisotopic (exact) mass is 619 g/mol. The number of hydrogen-bond acceptors (Lipinski definition) is 5. The number of aryl methyl sites for hydroxylation is 1. The molecule has 0 aliphatic rings. The zero-order valence-corrected chi connectivity index (χ0v) is 24.6. The van der Waals surface area contributed by atoms with Crippen LogP contribution in [0.1, 0.15) is 73.9 Å². The predicted molar refractivity (Wildman–Crippen MR) is 155 cm³/mol. The Labute approximate surface area is 231 Å². The minimum Gasteiger partial charge on any atom is -0.342 e. The molecular weight excluding hydrogens is 585 g/mol. The van der Waals surface area contributed by atoms with Crippen molar-refractivity contribution in [2.24, 2.45) is 5.92 Å². The fourth-order valence-corrected chi connectivity index (χ4v) is 5.16. The molecule has 36 heavy (non-hydrogen) atoms. The first-order valence-corrected chi connectivity index (χ1v) is 14.2. The molecule has 0 unspecified atom stereocenters. The van der Waals surface area contributed by atoms with Gasteiger partial charge in [0.15, 0.2) is 11.0 Å². The van der Waals surface area contributed by atoms with E-state index < -0.39 is 0 Å². The van der Waals surface area contributed by atoms with Crippen LogP contribution >= 0.6 is 34.4 Å². The molecule has 0 aliphatic heterocycles. The highest BCUT2D eigenvalue weighted by molar-refractivity contribution is 14.1. The number of thioether (sulfide) groups is 1. The Hall–Kier alpha value is -2.40. The molecule has 3 rings (SSSR count). The third kappa shape index (κ3) is 7.09. The maximum atomic E-state index is 12.9. The number of carbonyl (C=O) groups excluding carboxylic acids is 2. The lowest BCUT2D eigenvalue weighted by Crippen LogP contribution is -2.33. The number of carbonyl (C=O) groups is 2. The summed E-state index contributed by atoms with van der Waals surface area (Å²) in [5.41, 5.74) is 3.66. The SMILES string of the molecule is CCn1c(SCC(=O)Nc2ccc(I)cc2C(C)C)nnc1[C@H](NC(=O)c1ccc(C)cc1)C(C)C. The number of amides is 2. The van der Waals surface area contributed by atoms with Crippen molar-refractivity contribution in [3.8, 4) is 0 Å². The number of rotatable bonds is 10. The van der Waals surface area contributed by atoms with Crippen molar-refractivity contribution in [1.82, 2.24) is 20.1 Å². The summed E-state index contributed by atoms with van der Waals surface area (Å²) in [6, 6.07) is 13.2. The minimum atomic E-state index is -0.310. The van der Waals surface area contributed by atoms with Gasteiger partial charge in [-0.25, -0.2) is 0 Å². The molecule has 192 valence electrons. The molecule has 0 saturated carbocycles. The first-order chi connectivity index (χ1) is 17.1. The molecular formula is C27H34IN5O2S. The first kappa shape index (κ1) is 28.2. The van der Waals surface area contributed by atoms with Gasteiger partial charge >= 0.3 is 0 Å². The lowest BCUT2D eigenvalue weighted by Gasteiger charge is -2.22. The first-order valence-electron chi connectivity index (χ1n) is 12.1. The second-order valence-corrected chi connectivity index (χ2v) is 11.6. The topological polar surface area (TPSA) is 88.9 Å². The molecule has 1 aromatic heterocycles. The van der Waals surface area contributed by atoms with Gasteiger partial charge in [-0.05, 0) is 84.2 Å². The summed E-state index contributed by atoms with van der Waals surface area (Å²) in [5, 5.41) is 15.6. The van der Waals surface area contributed by atoms with Crippen molar-refractivity contribution in [3.05, 3.63) is 68.5 Å². The average molecular weight is 620 g/mol. The van der Waals surface area contributed by atoms with Gasteiger partial charge in [0.05, 0.1) is 11.8 Å². The lowest BCUT2D eigenvalue weighted by molar-refractivity contribution is -0.113. The maximum absolute atomic E-state index is 12.9. The van der Waals surface area contributed by atoms with Crippen molar-refractivity contribution >= 4 is 51.9 Å². The fraction of sp³-hybridized carbons (Fsp3) is 0.407. The molecule has 1 atom stereocenters. The van der Waals surface area contributed by atoms with Crippen LogP contribution in [0.3, 0.4) is 0 Å². The largest absolute Gasteiger partial charge is 0.342 e. The number of hydrogen-bond donors (Lipinski definition) is 2. The number of nitrogens with one attached hydrogen (secondary N) is 2. The predicted octanol–water partition coefficient (Wildman–Crippen LogP) is 6.19. The van der Waals surface area contributed by atoms with Crippen LogP contribution in [0, 0.1) is 16.4 Å². The van der Waals surface area contributed by atoms with E-state index >= 15 is 0 Å². The Morgan fingerprint density at radius 2 is 1.75 bits per heavy atom. The molecule has 0 spiro atoms. The van der Waals surface area contributed by atoms with Gasteiger partial charge < -0.3 is 15.2 Å². The van der Waals surface area contributed by atoms with Crippen LogP contribution in [0.5, 0.6) is 0 Å². The number of benzene rings is 2. The Balaban J connectivity index is 1.72. The molecule has 0 aliphatic carbocycles. The van der Waals surface area contributed by atoms with E-state index in [4.69, 9.17) is 0 Å². The number of nitrogens with zero attached hydrogens (tertiary/aromatic N) is 3. The van der Waals surface area contributed by atoms with E-state index in [1.807, 2.05) is 68.7 Å². The van der Waals surface area contributed by atoms with Crippen LogP contribution in [-0.4, -0.2) is 32.3 Å². The molecule has 0 saturated heterocycles. The molecule has 7 nitrogen and oxygen atoms in total. The smallest absolute Gasteiger partial charge is 0.251 e. The normalized spacial score (nSPS) is 12.1. The van der Waals surface area contributed by atoms with Gasteiger partial charge in [-0.1, -0.05) is 57.2 Å². The summed E-state index contributed by atoms with van der Waals surface area (Å²) in [5.74, 6) is 1.07. The van der Waals surface area contributed by atoms with E-state index in [1.165, 1.54) is 11.8 Å². The van der Waals surface area contributed by atoms with Crippen LogP contribution < -0.4 is 10.6 Å². The Morgan fingerprint density at radius 3 is 2.36 bits per heavy atom. The van der Waals surface area contributed by atoms with Crippen LogP contribution in [0.15, 0.2) is 47.6 Å². The molecule has 0 fully saturated rings. The van der Waals surface area contributed by atoms with E-state index in [0.717, 1.165) is 20.4 Å². The van der Waals surface area contributed by atoms with E-state index in [9.17, 15) is 9.59 Å². The van der Waals surface area contributed by atoms with E-state index in [2.05, 4.69) is 63.3 Å². The minimum absolute atomic E-state index is 0.0941. The Bertz CT molecular complexity index is 1210. The van der Waals surface area contributed by atoms with Crippen molar-refractivity contribution in [2.45, 2.75) is 65.2 Å². The maximum Gasteiger partial charge on any atom is 0.251 e. The molecule has 3 aromatic rings. The summed E-state index contributed by atoms with van der Waals surface area (Å²) in [4.78, 5) is 25.7. The van der Waals surface area contributed by atoms with E-state index in [0.29, 0.717) is 29.0 Å². The van der Waals surface area contributed by atoms with Crippen LogP contribution in [0.25, 0.3) is 0 Å². The zero-order chi connectivity index (χ0) is 26.4. The van der Waals surface area contributed by atoms with Gasteiger partial charge in [0, 0.05) is 21.4 Å². The molecule has 0 bridgehead atoms. The second-order valence-electron chi connectivity index (χ2n) is 9.37. The third-order valence-corrected chi connectivity index (χ3v) is 7.49. The number of aromatic nitrogens is 3. The van der Waals surface area contributed by atoms with E-state index in [1.54, 1.807) is 0 Å². The quantitative estimate of drug-likeness (QED) is 0.209. The second kappa shape index (κ2) is 12.7. The lowest BCUT2D eigenvalue weighted by atomic mass is 10.0. The summed E-state index contributed by atoms with van der Waals surface area (Å²) in [6.45, 7) is 12.9. The summed E-state index contributed by atoms with van der Waals surface area (Å²) in [6.07, 6.45) is 0. The van der Waals surface area contributed by atoms with Gasteiger partial charge in [0.25, 0.3) is 5.91 Å². The van der Waals surface area contributed by atoms with Crippen LogP contribution in [-0.2, 0) is 11.3 Å². The van der Waals surface area contributed by atoms with Gasteiger partial charge in [-0.3, -0.25) is 9.59 Å². The summed E-state index contributed by atoms with van der Waals surface area (Å²) < 4.78 is 3.11. The Kier molecular flexibility index (Phi) is 9.95. The molecule has 2 amide bonds. The molecule has 2 aromatic carbocycles. The van der Waals surface area contributed by atoms with Gasteiger partial charge in [0.1, 0.15) is 0 Å². The highest BCUT2D eigenvalue weighted by atomic mass is 127. The fourth-order valence-electron chi connectivity index (χ4n) is 3.83. The van der Waals surface area contributed by atoms with Crippen molar-refractivity contribution in [1.29, 1.82) is 0 Å². The van der Waals surface area contributed by atoms with Crippen LogP contribution in [0.4, 0.5) is 5.69 Å². The van der Waals surface area contributed by atoms with Crippen molar-refractivity contribution < 1.29 is 9.59 Å². The molecule has 1 heterocycles. The number of anilines is 1. The highest BCUT2D eigenvalue weighted by Gasteiger charge is 2.26. The van der Waals surface area contributed by atoms with E-state index in [-0.39, 0.29) is 29.5 Å². The van der Waals surface area contributed by atoms with Gasteiger partial charge in [0.2, 0.25) is 5.91 Å². The average Bonchev–Trinajstić information content (AvgIpc) is 3.24. The standard InChI is InChI=1S/C27H34IN5O2S/c1-7-33-25(24(17(4)5)30-26(35)19-10-8-18(6)9-11-19)31-32-27(33)36-15-23(34)29-22-13-12-20(28)14-21(22)16(2)3/h8-14,16-17,24H,7,15H2,1-6H3,(H,29,34)(H,30,35)/t24-/m1/s1.